The van der Waals surface area contributed by atoms with Crippen LogP contribution >= 0.6 is 0 Å². The zero-order valence-electron chi connectivity index (χ0n) is 19.5. The number of nitrogens with one attached hydrogen (secondary N) is 2. The minimum absolute atomic E-state index is 0.173. The molecule has 2 heterocycles. The van der Waals surface area contributed by atoms with E-state index in [-0.39, 0.29) is 24.3 Å². The molecular weight excluding hydrogens is 459 g/mol. The van der Waals surface area contributed by atoms with Gasteiger partial charge in [-0.3, -0.25) is 23.9 Å². The fourth-order valence-electron chi connectivity index (χ4n) is 4.54. The number of ketones is 1. The summed E-state index contributed by atoms with van der Waals surface area (Å²) in [5.74, 6) is -3.29. The fourth-order valence-corrected chi connectivity index (χ4v) is 4.54. The average Bonchev–Trinajstić information content (AvgIpc) is 3.18. The SMILES string of the molecule is CC(C)(C)[C@H](O)C(=O)N1CC2(CC2)C[C@H]1C(=O)N[C@@H](C[C@@H]1CCNC1=O)C(=O)COC(F)(F)F. The Labute approximate surface area is 195 Å². The Morgan fingerprint density at radius 3 is 2.41 bits per heavy atom. The smallest absolute Gasteiger partial charge is 0.383 e. The van der Waals surface area contributed by atoms with Crippen molar-refractivity contribution in [2.75, 3.05) is 19.7 Å². The number of aliphatic hydroxyl groups is 1. The molecule has 3 amide bonds. The maximum Gasteiger partial charge on any atom is 0.522 e. The molecule has 0 aromatic carbocycles. The third-order valence-corrected chi connectivity index (χ3v) is 6.87. The van der Waals surface area contributed by atoms with Crippen LogP contribution in [0.2, 0.25) is 0 Å². The quantitative estimate of drug-likeness (QED) is 0.463. The number of alkyl halides is 3. The van der Waals surface area contributed by atoms with Gasteiger partial charge in [-0.05, 0) is 42.9 Å². The largest absolute Gasteiger partial charge is 0.522 e. The number of carbonyl (C=O) groups excluding carboxylic acids is 4. The molecule has 0 aromatic heterocycles. The Balaban J connectivity index is 1.75. The Morgan fingerprint density at radius 1 is 1.26 bits per heavy atom. The lowest BCUT2D eigenvalue weighted by atomic mass is 9.88. The van der Waals surface area contributed by atoms with Crippen molar-refractivity contribution in [3.63, 3.8) is 0 Å². The first-order chi connectivity index (χ1) is 15.6. The molecule has 3 fully saturated rings. The van der Waals surface area contributed by atoms with Crippen LogP contribution < -0.4 is 10.6 Å². The van der Waals surface area contributed by atoms with Crippen LogP contribution in [0.15, 0.2) is 0 Å². The van der Waals surface area contributed by atoms with E-state index < -0.39 is 60.1 Å². The fraction of sp³-hybridized carbons (Fsp3) is 0.818. The van der Waals surface area contributed by atoms with Crippen LogP contribution in [-0.4, -0.2) is 77.8 Å². The number of ether oxygens (including phenoxy) is 1. The van der Waals surface area contributed by atoms with Gasteiger partial charge in [0.15, 0.2) is 5.78 Å². The molecule has 12 heteroatoms. The number of carbonyl (C=O) groups is 4. The first-order valence-electron chi connectivity index (χ1n) is 11.4. The highest BCUT2D eigenvalue weighted by molar-refractivity contribution is 5.95. The van der Waals surface area contributed by atoms with Gasteiger partial charge < -0.3 is 20.6 Å². The minimum Gasteiger partial charge on any atom is -0.383 e. The zero-order valence-corrected chi connectivity index (χ0v) is 19.5. The molecule has 0 unspecified atom stereocenters. The van der Waals surface area contributed by atoms with Crippen molar-refractivity contribution in [2.45, 2.75) is 77.4 Å². The van der Waals surface area contributed by atoms with E-state index in [4.69, 9.17) is 0 Å². The maximum absolute atomic E-state index is 13.2. The summed E-state index contributed by atoms with van der Waals surface area (Å²) >= 11 is 0. The number of rotatable bonds is 8. The summed E-state index contributed by atoms with van der Waals surface area (Å²) in [5.41, 5.74) is -0.986. The predicted molar refractivity (Wildman–Crippen MR) is 112 cm³/mol. The van der Waals surface area contributed by atoms with Gasteiger partial charge in [0.2, 0.25) is 11.8 Å². The Hall–Kier alpha value is -2.21. The number of Topliss-reactive ketones (excluding diaryl/α,β-unsaturated/α-hetero) is 1. The van der Waals surface area contributed by atoms with Crippen molar-refractivity contribution in [3.8, 4) is 0 Å². The summed E-state index contributed by atoms with van der Waals surface area (Å²) in [7, 11) is 0. The second-order valence-electron chi connectivity index (χ2n) is 10.7. The van der Waals surface area contributed by atoms with Crippen molar-refractivity contribution in [3.05, 3.63) is 0 Å². The lowest BCUT2D eigenvalue weighted by molar-refractivity contribution is -0.321. The molecule has 2 aliphatic heterocycles. The van der Waals surface area contributed by atoms with E-state index in [2.05, 4.69) is 15.4 Å². The summed E-state index contributed by atoms with van der Waals surface area (Å²) < 4.78 is 41.0. The first-order valence-corrected chi connectivity index (χ1v) is 11.4. The first kappa shape index (κ1) is 26.4. The second-order valence-corrected chi connectivity index (χ2v) is 10.7. The van der Waals surface area contributed by atoms with E-state index in [1.165, 1.54) is 4.90 Å². The average molecular weight is 492 g/mol. The monoisotopic (exact) mass is 491 g/mol. The van der Waals surface area contributed by atoms with Crippen LogP contribution in [0, 0.1) is 16.7 Å². The van der Waals surface area contributed by atoms with E-state index >= 15 is 0 Å². The molecule has 0 radical (unpaired) electrons. The van der Waals surface area contributed by atoms with Crippen LogP contribution in [0.3, 0.4) is 0 Å². The van der Waals surface area contributed by atoms with Gasteiger partial charge >= 0.3 is 6.36 Å². The van der Waals surface area contributed by atoms with E-state index in [0.29, 0.717) is 19.4 Å². The van der Waals surface area contributed by atoms with Crippen molar-refractivity contribution >= 4 is 23.5 Å². The maximum atomic E-state index is 13.2. The highest BCUT2D eigenvalue weighted by Gasteiger charge is 2.56. The van der Waals surface area contributed by atoms with E-state index in [1.807, 2.05) is 0 Å². The van der Waals surface area contributed by atoms with Crippen molar-refractivity contribution < 1.29 is 42.2 Å². The molecule has 3 rings (SSSR count). The molecule has 3 N–H and O–H groups in total. The normalized spacial score (nSPS) is 25.7. The summed E-state index contributed by atoms with van der Waals surface area (Å²) in [6, 6.07) is -2.35. The lowest BCUT2D eigenvalue weighted by Crippen LogP contribution is -2.55. The van der Waals surface area contributed by atoms with Gasteiger partial charge in [-0.2, -0.15) is 0 Å². The molecule has 0 aromatic rings. The lowest BCUT2D eigenvalue weighted by Gasteiger charge is -2.32. The third-order valence-electron chi connectivity index (χ3n) is 6.87. The molecule has 34 heavy (non-hydrogen) atoms. The van der Waals surface area contributed by atoms with E-state index in [0.717, 1.165) is 12.8 Å². The number of nitrogens with zero attached hydrogens (tertiary/aromatic N) is 1. The molecule has 0 bridgehead atoms. The van der Waals surface area contributed by atoms with Gasteiger partial charge in [0.1, 0.15) is 18.8 Å². The van der Waals surface area contributed by atoms with Crippen LogP contribution in [0.1, 0.15) is 52.9 Å². The number of aliphatic hydroxyl groups excluding tert-OH is 1. The van der Waals surface area contributed by atoms with Crippen LogP contribution in [0.4, 0.5) is 13.2 Å². The Morgan fingerprint density at radius 2 is 1.91 bits per heavy atom. The summed E-state index contributed by atoms with van der Waals surface area (Å²) in [6.07, 6.45) is -4.19. The number of amides is 3. The molecule has 2 saturated heterocycles. The Bertz CT molecular complexity index is 837. The van der Waals surface area contributed by atoms with Crippen molar-refractivity contribution in [2.24, 2.45) is 16.7 Å². The number of halogens is 3. The summed E-state index contributed by atoms with van der Waals surface area (Å²) in [5, 5.41) is 15.6. The van der Waals surface area contributed by atoms with Crippen molar-refractivity contribution in [1.29, 1.82) is 0 Å². The molecule has 9 nitrogen and oxygen atoms in total. The molecule has 3 aliphatic rings. The molecule has 1 spiro atoms. The second kappa shape index (κ2) is 9.44. The van der Waals surface area contributed by atoms with Gasteiger partial charge in [-0.25, -0.2) is 0 Å². The van der Waals surface area contributed by atoms with Gasteiger partial charge in [-0.15, -0.1) is 13.2 Å². The van der Waals surface area contributed by atoms with Crippen molar-refractivity contribution in [1.82, 2.24) is 15.5 Å². The third kappa shape index (κ3) is 6.26. The van der Waals surface area contributed by atoms with Gasteiger partial charge in [0.05, 0.1) is 6.04 Å². The number of hydrogen-bond donors (Lipinski definition) is 3. The Kier molecular flexibility index (Phi) is 7.33. The number of hydrogen-bond acceptors (Lipinski definition) is 6. The molecule has 1 aliphatic carbocycles. The topological polar surface area (TPSA) is 125 Å². The van der Waals surface area contributed by atoms with Gasteiger partial charge in [-0.1, -0.05) is 20.8 Å². The van der Waals surface area contributed by atoms with E-state index in [9.17, 15) is 37.5 Å². The molecule has 192 valence electrons. The van der Waals surface area contributed by atoms with Crippen LogP contribution in [0.25, 0.3) is 0 Å². The van der Waals surface area contributed by atoms with Gasteiger partial charge in [0.25, 0.3) is 5.91 Å². The van der Waals surface area contributed by atoms with Crippen LogP contribution in [-0.2, 0) is 23.9 Å². The number of likely N-dealkylation sites (tertiary alicyclic amines) is 1. The summed E-state index contributed by atoms with van der Waals surface area (Å²) in [4.78, 5) is 52.0. The molecule has 1 saturated carbocycles. The molecular formula is C22H32F3N3O6. The predicted octanol–water partition coefficient (Wildman–Crippen LogP) is 0.891. The van der Waals surface area contributed by atoms with Crippen LogP contribution in [0.5, 0.6) is 0 Å². The zero-order chi connectivity index (χ0) is 25.5. The molecule has 4 atom stereocenters. The standard InChI is InChI=1S/C22H32F3N3O6/c1-20(2,3)16(30)19(33)28-11-21(5-6-21)9-14(28)18(32)27-13(8-12-4-7-26-17(12)31)15(29)10-34-22(23,24)25/h12-14,16,30H,4-11H2,1-3H3,(H,26,31)(H,27,32)/t12-,13-,14-,16+/m0/s1. The van der Waals surface area contributed by atoms with E-state index in [1.54, 1.807) is 20.8 Å². The summed E-state index contributed by atoms with van der Waals surface area (Å²) in [6.45, 7) is 4.43. The highest BCUT2D eigenvalue weighted by atomic mass is 19.4. The van der Waals surface area contributed by atoms with Gasteiger partial charge in [0, 0.05) is 19.0 Å². The minimum atomic E-state index is -5.02. The highest BCUT2D eigenvalue weighted by Crippen LogP contribution is 2.55.